The quantitative estimate of drug-likeness (QED) is 0.725. The summed E-state index contributed by atoms with van der Waals surface area (Å²) in [5.41, 5.74) is -0.233. The van der Waals surface area contributed by atoms with Gasteiger partial charge in [-0.05, 0) is 32.7 Å². The Morgan fingerprint density at radius 2 is 2.25 bits per heavy atom. The Kier molecular flexibility index (Phi) is 5.22. The molecule has 0 aromatic rings. The van der Waals surface area contributed by atoms with E-state index >= 15 is 0 Å². The maximum atomic E-state index is 12.4. The van der Waals surface area contributed by atoms with Crippen LogP contribution >= 0.6 is 0 Å². The van der Waals surface area contributed by atoms with Crippen LogP contribution in [0.2, 0.25) is 0 Å². The van der Waals surface area contributed by atoms with Gasteiger partial charge in [-0.25, -0.2) is 0 Å². The van der Waals surface area contributed by atoms with E-state index in [0.717, 1.165) is 32.4 Å². The van der Waals surface area contributed by atoms with Crippen molar-refractivity contribution in [3.63, 3.8) is 0 Å². The lowest BCUT2D eigenvalue weighted by Gasteiger charge is -2.39. The summed E-state index contributed by atoms with van der Waals surface area (Å²) >= 11 is 0. The van der Waals surface area contributed by atoms with Gasteiger partial charge in [0.25, 0.3) is 0 Å². The third kappa shape index (κ3) is 2.74. The van der Waals surface area contributed by atoms with E-state index in [9.17, 15) is 4.79 Å². The van der Waals surface area contributed by atoms with Gasteiger partial charge in [0.2, 0.25) is 5.91 Å². The van der Waals surface area contributed by atoms with Crippen LogP contribution in [0.3, 0.4) is 0 Å². The number of nitrogens with zero attached hydrogens (tertiary/aromatic N) is 1. The molecule has 0 aliphatic carbocycles. The number of hydrogen-bond acceptors (Lipinski definition) is 3. The van der Waals surface area contributed by atoms with Crippen LogP contribution in [0.15, 0.2) is 0 Å². The van der Waals surface area contributed by atoms with Gasteiger partial charge in [0.15, 0.2) is 0 Å². The Hall–Kier alpha value is -0.610. The first-order chi connectivity index (χ1) is 7.70. The molecule has 1 aliphatic rings. The van der Waals surface area contributed by atoms with Crippen molar-refractivity contribution in [2.45, 2.75) is 33.1 Å². The molecule has 16 heavy (non-hydrogen) atoms. The number of hydrogen-bond donors (Lipinski definition) is 2. The molecular formula is C12H24N2O2. The lowest BCUT2D eigenvalue weighted by atomic mass is 9.77. The molecule has 0 saturated carbocycles. The summed E-state index contributed by atoms with van der Waals surface area (Å²) < 4.78 is 0. The lowest BCUT2D eigenvalue weighted by Crippen LogP contribution is -2.52. The minimum absolute atomic E-state index is 0.0484. The molecule has 2 N–H and O–H groups in total. The van der Waals surface area contributed by atoms with Crippen molar-refractivity contribution in [1.82, 2.24) is 10.2 Å². The van der Waals surface area contributed by atoms with Crippen molar-refractivity contribution in [2.24, 2.45) is 5.41 Å². The first-order valence-electron chi connectivity index (χ1n) is 6.31. The molecule has 4 nitrogen and oxygen atoms in total. The van der Waals surface area contributed by atoms with E-state index in [0.29, 0.717) is 13.1 Å². The fourth-order valence-corrected chi connectivity index (χ4v) is 2.46. The standard InChI is InChI=1S/C12H24N2O2/c1-3-12(6-5-7-13-10-12)11(16)14(4-2)8-9-15/h13,15H,3-10H2,1-2H3. The Balaban J connectivity index is 2.73. The summed E-state index contributed by atoms with van der Waals surface area (Å²) in [6.07, 6.45) is 2.91. The number of rotatable bonds is 5. The van der Waals surface area contributed by atoms with Crippen LogP contribution in [0.1, 0.15) is 33.1 Å². The Bertz CT molecular complexity index is 225. The van der Waals surface area contributed by atoms with E-state index in [1.54, 1.807) is 4.90 Å². The summed E-state index contributed by atoms with van der Waals surface area (Å²) in [4.78, 5) is 14.2. The number of amides is 1. The fraction of sp³-hybridized carbons (Fsp3) is 0.917. The van der Waals surface area contributed by atoms with Crippen molar-refractivity contribution >= 4 is 5.91 Å². The molecule has 1 aliphatic heterocycles. The van der Waals surface area contributed by atoms with Crippen molar-refractivity contribution < 1.29 is 9.90 Å². The van der Waals surface area contributed by atoms with Gasteiger partial charge >= 0.3 is 0 Å². The number of carbonyl (C=O) groups excluding carboxylic acids is 1. The third-order valence-corrected chi connectivity index (χ3v) is 3.64. The average Bonchev–Trinajstić information content (AvgIpc) is 2.36. The topological polar surface area (TPSA) is 52.6 Å². The third-order valence-electron chi connectivity index (χ3n) is 3.64. The molecule has 0 bridgehead atoms. The second-order valence-electron chi connectivity index (χ2n) is 4.52. The number of carbonyl (C=O) groups is 1. The van der Waals surface area contributed by atoms with Crippen LogP contribution in [-0.2, 0) is 4.79 Å². The number of piperidine rings is 1. The Labute approximate surface area is 98.0 Å². The van der Waals surface area contributed by atoms with E-state index in [-0.39, 0.29) is 17.9 Å². The highest BCUT2D eigenvalue weighted by molar-refractivity contribution is 5.83. The lowest BCUT2D eigenvalue weighted by molar-refractivity contribution is -0.144. The van der Waals surface area contributed by atoms with E-state index < -0.39 is 0 Å². The van der Waals surface area contributed by atoms with Crippen molar-refractivity contribution in [1.29, 1.82) is 0 Å². The van der Waals surface area contributed by atoms with Gasteiger partial charge in [-0.3, -0.25) is 4.79 Å². The largest absolute Gasteiger partial charge is 0.395 e. The molecule has 1 fully saturated rings. The normalized spacial score (nSPS) is 25.4. The predicted octanol–water partition coefficient (Wildman–Crippen LogP) is 0.607. The van der Waals surface area contributed by atoms with Crippen molar-refractivity contribution in [2.75, 3.05) is 32.8 Å². The molecule has 0 aromatic carbocycles. The number of likely N-dealkylation sites (N-methyl/N-ethyl adjacent to an activating group) is 1. The van der Waals surface area contributed by atoms with Gasteiger partial charge in [0, 0.05) is 19.6 Å². The van der Waals surface area contributed by atoms with Crippen LogP contribution in [-0.4, -0.2) is 48.7 Å². The van der Waals surface area contributed by atoms with Crippen LogP contribution in [0.5, 0.6) is 0 Å². The minimum Gasteiger partial charge on any atom is -0.395 e. The van der Waals surface area contributed by atoms with Crippen LogP contribution in [0.4, 0.5) is 0 Å². The summed E-state index contributed by atoms with van der Waals surface area (Å²) in [5, 5.41) is 12.3. The van der Waals surface area contributed by atoms with Crippen LogP contribution in [0.25, 0.3) is 0 Å². The number of nitrogens with one attached hydrogen (secondary N) is 1. The van der Waals surface area contributed by atoms with Gasteiger partial charge in [-0.15, -0.1) is 0 Å². The summed E-state index contributed by atoms with van der Waals surface area (Å²) in [5.74, 6) is 0.207. The molecule has 0 radical (unpaired) electrons. The molecule has 1 atom stereocenters. The Morgan fingerprint density at radius 3 is 2.69 bits per heavy atom. The first kappa shape index (κ1) is 13.5. The van der Waals surface area contributed by atoms with Crippen LogP contribution < -0.4 is 5.32 Å². The summed E-state index contributed by atoms with van der Waals surface area (Å²) in [7, 11) is 0. The zero-order chi connectivity index (χ0) is 12.0. The molecule has 1 heterocycles. The summed E-state index contributed by atoms with van der Waals surface area (Å²) in [6, 6.07) is 0. The second kappa shape index (κ2) is 6.21. The summed E-state index contributed by atoms with van der Waals surface area (Å²) in [6.45, 7) is 7.03. The molecule has 0 aromatic heterocycles. The maximum Gasteiger partial charge on any atom is 0.230 e. The number of aliphatic hydroxyl groups excluding tert-OH is 1. The first-order valence-corrected chi connectivity index (χ1v) is 6.31. The molecule has 1 rings (SSSR count). The van der Waals surface area contributed by atoms with Gasteiger partial charge in [-0.2, -0.15) is 0 Å². The highest BCUT2D eigenvalue weighted by Crippen LogP contribution is 2.32. The smallest absolute Gasteiger partial charge is 0.230 e. The fourth-order valence-electron chi connectivity index (χ4n) is 2.46. The van der Waals surface area contributed by atoms with E-state index in [1.165, 1.54) is 0 Å². The van der Waals surface area contributed by atoms with Crippen molar-refractivity contribution in [3.05, 3.63) is 0 Å². The zero-order valence-corrected chi connectivity index (χ0v) is 10.5. The predicted molar refractivity (Wildman–Crippen MR) is 64.2 cm³/mol. The highest BCUT2D eigenvalue weighted by atomic mass is 16.3. The van der Waals surface area contributed by atoms with Crippen LogP contribution in [0, 0.1) is 5.41 Å². The number of aliphatic hydroxyl groups is 1. The monoisotopic (exact) mass is 228 g/mol. The molecule has 4 heteroatoms. The zero-order valence-electron chi connectivity index (χ0n) is 10.5. The van der Waals surface area contributed by atoms with E-state index in [1.807, 2.05) is 6.92 Å². The molecule has 1 unspecified atom stereocenters. The van der Waals surface area contributed by atoms with Crippen molar-refractivity contribution in [3.8, 4) is 0 Å². The highest BCUT2D eigenvalue weighted by Gasteiger charge is 2.39. The van der Waals surface area contributed by atoms with E-state index in [4.69, 9.17) is 5.11 Å². The van der Waals surface area contributed by atoms with Gasteiger partial charge < -0.3 is 15.3 Å². The van der Waals surface area contributed by atoms with E-state index in [2.05, 4.69) is 12.2 Å². The molecule has 94 valence electrons. The molecule has 1 amide bonds. The Morgan fingerprint density at radius 1 is 1.50 bits per heavy atom. The average molecular weight is 228 g/mol. The van der Waals surface area contributed by atoms with Gasteiger partial charge in [0.05, 0.1) is 12.0 Å². The molecule has 0 spiro atoms. The second-order valence-corrected chi connectivity index (χ2v) is 4.52. The van der Waals surface area contributed by atoms with Gasteiger partial charge in [-0.1, -0.05) is 6.92 Å². The van der Waals surface area contributed by atoms with Gasteiger partial charge in [0.1, 0.15) is 0 Å². The molecule has 1 saturated heterocycles. The minimum atomic E-state index is -0.233. The maximum absolute atomic E-state index is 12.4. The SMILES string of the molecule is CCN(CCO)C(=O)C1(CC)CCCNC1. The molecular weight excluding hydrogens is 204 g/mol.